The number of hydrogen-bond acceptors (Lipinski definition) is 4. The van der Waals surface area contributed by atoms with Crippen molar-refractivity contribution in [3.8, 4) is 0 Å². The lowest BCUT2D eigenvalue weighted by molar-refractivity contribution is -0.139. The number of benzene rings is 1. The van der Waals surface area contributed by atoms with Crippen molar-refractivity contribution in [2.75, 3.05) is 0 Å². The third-order valence-corrected chi connectivity index (χ3v) is 4.83. The standard InChI is InChI=1S/C17H16ClFN2O4S/c1-9(22)20-8-11-5-6-14(26-11)16(23)21-13(17(24)25)7-10-3-2-4-12(18)15(10)19/h2-6,13H,7-8H2,1H3,(H,20,22)(H,21,23)(H,24,25). The molecule has 6 nitrogen and oxygen atoms in total. The Morgan fingerprint density at radius 2 is 2.00 bits per heavy atom. The van der Waals surface area contributed by atoms with Crippen molar-refractivity contribution in [1.82, 2.24) is 10.6 Å². The first-order chi connectivity index (χ1) is 12.3. The monoisotopic (exact) mass is 398 g/mol. The van der Waals surface area contributed by atoms with Gasteiger partial charge in [-0.1, -0.05) is 23.7 Å². The molecule has 26 heavy (non-hydrogen) atoms. The molecule has 3 N–H and O–H groups in total. The predicted octanol–water partition coefficient (Wildman–Crippen LogP) is 2.60. The number of aliphatic carboxylic acids is 1. The van der Waals surface area contributed by atoms with Crippen molar-refractivity contribution >= 4 is 40.7 Å². The number of nitrogens with one attached hydrogen (secondary N) is 2. The number of thiophene rings is 1. The zero-order chi connectivity index (χ0) is 19.3. The Labute approximate surface area is 158 Å². The lowest BCUT2D eigenvalue weighted by Crippen LogP contribution is -2.42. The van der Waals surface area contributed by atoms with E-state index in [4.69, 9.17) is 11.6 Å². The molecule has 138 valence electrons. The van der Waals surface area contributed by atoms with Gasteiger partial charge < -0.3 is 15.7 Å². The van der Waals surface area contributed by atoms with Crippen LogP contribution in [0, 0.1) is 5.82 Å². The van der Waals surface area contributed by atoms with Gasteiger partial charge in [0.25, 0.3) is 5.91 Å². The van der Waals surface area contributed by atoms with E-state index in [2.05, 4.69) is 10.6 Å². The molecular weight excluding hydrogens is 383 g/mol. The SMILES string of the molecule is CC(=O)NCc1ccc(C(=O)NC(Cc2cccc(Cl)c2F)C(=O)O)s1. The molecule has 1 unspecified atom stereocenters. The number of carbonyl (C=O) groups excluding carboxylic acids is 2. The largest absolute Gasteiger partial charge is 0.480 e. The number of carbonyl (C=O) groups is 3. The van der Waals surface area contributed by atoms with E-state index < -0.39 is 23.7 Å². The maximum atomic E-state index is 14.0. The van der Waals surface area contributed by atoms with E-state index in [9.17, 15) is 23.9 Å². The number of carboxylic acids is 1. The third kappa shape index (κ3) is 5.27. The van der Waals surface area contributed by atoms with Gasteiger partial charge in [-0.3, -0.25) is 9.59 Å². The van der Waals surface area contributed by atoms with Crippen molar-refractivity contribution in [2.24, 2.45) is 0 Å². The van der Waals surface area contributed by atoms with E-state index in [1.165, 1.54) is 31.2 Å². The predicted molar refractivity (Wildman–Crippen MR) is 95.8 cm³/mol. The Hall–Kier alpha value is -2.45. The van der Waals surface area contributed by atoms with Crippen LogP contribution < -0.4 is 10.6 Å². The average Bonchev–Trinajstić information content (AvgIpc) is 3.05. The summed E-state index contributed by atoms with van der Waals surface area (Å²) >= 11 is 6.83. The summed E-state index contributed by atoms with van der Waals surface area (Å²) in [7, 11) is 0. The van der Waals surface area contributed by atoms with Crippen molar-refractivity contribution in [3.05, 3.63) is 56.5 Å². The van der Waals surface area contributed by atoms with Gasteiger partial charge in [-0.15, -0.1) is 11.3 Å². The molecule has 0 aliphatic carbocycles. The minimum Gasteiger partial charge on any atom is -0.480 e. The highest BCUT2D eigenvalue weighted by Crippen LogP contribution is 2.20. The molecule has 0 aliphatic heterocycles. The maximum Gasteiger partial charge on any atom is 0.326 e. The summed E-state index contributed by atoms with van der Waals surface area (Å²) in [5.41, 5.74) is 0.0997. The topological polar surface area (TPSA) is 95.5 Å². The Bertz CT molecular complexity index is 840. The van der Waals surface area contributed by atoms with E-state index in [-0.39, 0.29) is 29.5 Å². The Balaban J connectivity index is 2.07. The van der Waals surface area contributed by atoms with E-state index in [1.54, 1.807) is 6.07 Å². The molecule has 0 bridgehead atoms. The number of hydrogen-bond donors (Lipinski definition) is 3. The lowest BCUT2D eigenvalue weighted by Gasteiger charge is -2.15. The zero-order valence-electron chi connectivity index (χ0n) is 13.7. The first-order valence-electron chi connectivity index (χ1n) is 7.57. The van der Waals surface area contributed by atoms with Gasteiger partial charge in [0.1, 0.15) is 11.9 Å². The van der Waals surface area contributed by atoms with Gasteiger partial charge in [0.15, 0.2) is 0 Å². The molecule has 1 aromatic heterocycles. The number of amides is 2. The first kappa shape index (κ1) is 19.9. The second-order valence-electron chi connectivity index (χ2n) is 5.46. The fraction of sp³-hybridized carbons (Fsp3) is 0.235. The first-order valence-corrected chi connectivity index (χ1v) is 8.77. The molecular formula is C17H16ClFN2O4S. The fourth-order valence-corrected chi connectivity index (χ4v) is 3.21. The van der Waals surface area contributed by atoms with Crippen LogP contribution in [-0.4, -0.2) is 28.9 Å². The fourth-order valence-electron chi connectivity index (χ4n) is 2.16. The second kappa shape index (κ2) is 8.77. The smallest absolute Gasteiger partial charge is 0.326 e. The molecule has 0 aliphatic rings. The highest BCUT2D eigenvalue weighted by Gasteiger charge is 2.23. The highest BCUT2D eigenvalue weighted by atomic mass is 35.5. The molecule has 0 spiro atoms. The van der Waals surface area contributed by atoms with Crippen LogP contribution in [-0.2, 0) is 22.6 Å². The van der Waals surface area contributed by atoms with Crippen molar-refractivity contribution < 1.29 is 23.9 Å². The molecule has 0 saturated heterocycles. The van der Waals surface area contributed by atoms with Gasteiger partial charge in [0, 0.05) is 18.2 Å². The normalized spacial score (nSPS) is 11.7. The van der Waals surface area contributed by atoms with E-state index in [0.29, 0.717) is 4.88 Å². The van der Waals surface area contributed by atoms with Crippen molar-refractivity contribution in [2.45, 2.75) is 25.9 Å². The van der Waals surface area contributed by atoms with Gasteiger partial charge in [-0.2, -0.15) is 0 Å². The second-order valence-corrected chi connectivity index (χ2v) is 7.03. The number of carboxylic acid groups (broad SMARTS) is 1. The summed E-state index contributed by atoms with van der Waals surface area (Å²) in [6.45, 7) is 1.66. The highest BCUT2D eigenvalue weighted by molar-refractivity contribution is 7.14. The third-order valence-electron chi connectivity index (χ3n) is 3.46. The molecule has 1 atom stereocenters. The van der Waals surface area contributed by atoms with Gasteiger partial charge >= 0.3 is 5.97 Å². The van der Waals surface area contributed by atoms with Gasteiger partial charge in [-0.05, 0) is 23.8 Å². The van der Waals surface area contributed by atoms with Crippen LogP contribution in [0.5, 0.6) is 0 Å². The van der Waals surface area contributed by atoms with Crippen LogP contribution in [0.3, 0.4) is 0 Å². The zero-order valence-corrected chi connectivity index (χ0v) is 15.3. The average molecular weight is 399 g/mol. The summed E-state index contributed by atoms with van der Waals surface area (Å²) in [6.07, 6.45) is -0.239. The minimum absolute atomic E-state index is 0.0997. The van der Waals surface area contributed by atoms with Crippen molar-refractivity contribution in [3.63, 3.8) is 0 Å². The Morgan fingerprint density at radius 3 is 2.65 bits per heavy atom. The lowest BCUT2D eigenvalue weighted by atomic mass is 10.1. The molecule has 2 rings (SSSR count). The molecule has 2 aromatic rings. The van der Waals surface area contributed by atoms with Crippen LogP contribution in [0.2, 0.25) is 5.02 Å². The summed E-state index contributed by atoms with van der Waals surface area (Å²) in [4.78, 5) is 35.7. The summed E-state index contributed by atoms with van der Waals surface area (Å²) in [5.74, 6) is -2.77. The molecule has 0 saturated carbocycles. The minimum atomic E-state index is -1.31. The van der Waals surface area contributed by atoms with Crippen LogP contribution in [0.1, 0.15) is 27.0 Å². The molecule has 1 aromatic carbocycles. The molecule has 9 heteroatoms. The summed E-state index contributed by atoms with van der Waals surface area (Å²) < 4.78 is 14.0. The van der Waals surface area contributed by atoms with Crippen LogP contribution in [0.25, 0.3) is 0 Å². The van der Waals surface area contributed by atoms with Gasteiger partial charge in [0.05, 0.1) is 16.4 Å². The van der Waals surface area contributed by atoms with Crippen molar-refractivity contribution in [1.29, 1.82) is 0 Å². The van der Waals surface area contributed by atoms with Gasteiger partial charge in [0.2, 0.25) is 5.91 Å². The van der Waals surface area contributed by atoms with Crippen LogP contribution >= 0.6 is 22.9 Å². The molecule has 0 radical (unpaired) electrons. The van der Waals surface area contributed by atoms with E-state index >= 15 is 0 Å². The number of rotatable bonds is 7. The Kier molecular flexibility index (Phi) is 6.70. The molecule has 1 heterocycles. The summed E-state index contributed by atoms with van der Waals surface area (Å²) in [6, 6.07) is 6.18. The van der Waals surface area contributed by atoms with Crippen LogP contribution in [0.4, 0.5) is 4.39 Å². The molecule has 2 amide bonds. The summed E-state index contributed by atoms with van der Waals surface area (Å²) in [5, 5.41) is 14.2. The van der Waals surface area contributed by atoms with E-state index in [1.807, 2.05) is 0 Å². The quantitative estimate of drug-likeness (QED) is 0.668. The Morgan fingerprint density at radius 1 is 1.27 bits per heavy atom. The van der Waals surface area contributed by atoms with Crippen LogP contribution in [0.15, 0.2) is 30.3 Å². The molecule has 0 fully saturated rings. The number of halogens is 2. The van der Waals surface area contributed by atoms with Gasteiger partial charge in [-0.25, -0.2) is 9.18 Å². The maximum absolute atomic E-state index is 14.0. The van der Waals surface area contributed by atoms with E-state index in [0.717, 1.165) is 16.2 Å².